The van der Waals surface area contributed by atoms with Gasteiger partial charge in [-0.25, -0.2) is 4.79 Å². The minimum absolute atomic E-state index is 0.126. The fraction of sp³-hybridized carbons (Fsp3) is 0.450. The Morgan fingerprint density at radius 2 is 1.64 bits per heavy atom. The molecule has 1 heterocycles. The molecule has 4 atom stereocenters. The molecular weight excluding hydrogens is 632 g/mol. The van der Waals surface area contributed by atoms with Crippen LogP contribution in [-0.4, -0.2) is 63.9 Å². The third-order valence-corrected chi connectivity index (χ3v) is 10.8. The number of nitrogens with zero attached hydrogens (tertiary/aromatic N) is 2. The highest BCUT2D eigenvalue weighted by molar-refractivity contribution is 5.94. The van der Waals surface area contributed by atoms with Crippen molar-refractivity contribution >= 4 is 23.8 Å². The molecule has 0 radical (unpaired) electrons. The van der Waals surface area contributed by atoms with E-state index in [1.54, 1.807) is 4.90 Å². The van der Waals surface area contributed by atoms with Crippen LogP contribution in [-0.2, 0) is 40.4 Å². The monoisotopic (exact) mass is 680 g/mol. The molecule has 0 aromatic heterocycles. The summed E-state index contributed by atoms with van der Waals surface area (Å²) in [6.07, 6.45) is 6.29. The van der Waals surface area contributed by atoms with E-state index in [1.165, 1.54) is 19.5 Å². The van der Waals surface area contributed by atoms with Crippen molar-refractivity contribution in [2.24, 2.45) is 5.92 Å². The number of carbonyl (C=O) groups excluding carboxylic acids is 3. The molecule has 3 N–H and O–H groups in total. The first-order chi connectivity index (χ1) is 24.2. The molecule has 10 heteroatoms. The van der Waals surface area contributed by atoms with E-state index < -0.39 is 30.1 Å². The van der Waals surface area contributed by atoms with Gasteiger partial charge in [-0.1, -0.05) is 79.9 Å². The first-order valence-corrected chi connectivity index (χ1v) is 17.9. The molecule has 1 aliphatic heterocycles. The van der Waals surface area contributed by atoms with Crippen LogP contribution in [0.15, 0.2) is 72.8 Å². The van der Waals surface area contributed by atoms with Crippen molar-refractivity contribution in [2.45, 2.75) is 102 Å². The molecule has 3 aromatic rings. The van der Waals surface area contributed by atoms with Gasteiger partial charge in [-0.05, 0) is 84.9 Å². The summed E-state index contributed by atoms with van der Waals surface area (Å²) < 4.78 is 6.13. The van der Waals surface area contributed by atoms with Crippen LogP contribution in [0, 0.1) is 5.92 Å². The highest BCUT2D eigenvalue weighted by Gasteiger charge is 2.42. The molecule has 2 unspecified atom stereocenters. The van der Waals surface area contributed by atoms with E-state index in [9.17, 15) is 24.3 Å². The van der Waals surface area contributed by atoms with E-state index in [2.05, 4.69) is 22.8 Å². The number of nitrogens with one attached hydrogen (secondary N) is 2. The summed E-state index contributed by atoms with van der Waals surface area (Å²) in [4.78, 5) is 56.9. The van der Waals surface area contributed by atoms with Crippen LogP contribution in [0.3, 0.4) is 0 Å². The van der Waals surface area contributed by atoms with Crippen LogP contribution < -0.4 is 15.4 Å². The van der Waals surface area contributed by atoms with Crippen LogP contribution in [0.1, 0.15) is 85.7 Å². The Labute approximate surface area is 294 Å². The minimum Gasteiger partial charge on any atom is -0.489 e. The molecule has 6 rings (SSSR count). The summed E-state index contributed by atoms with van der Waals surface area (Å²) in [5.74, 6) is -0.529. The van der Waals surface area contributed by atoms with Gasteiger partial charge in [-0.15, -0.1) is 0 Å². The number of hydrogen-bond donors (Lipinski definition) is 3. The largest absolute Gasteiger partial charge is 0.489 e. The van der Waals surface area contributed by atoms with Gasteiger partial charge in [0, 0.05) is 20.0 Å². The predicted octanol–water partition coefficient (Wildman–Crippen LogP) is 5.78. The zero-order valence-electron chi connectivity index (χ0n) is 29.0. The number of amides is 4. The fourth-order valence-corrected chi connectivity index (χ4v) is 7.67. The van der Waals surface area contributed by atoms with Gasteiger partial charge in [0.25, 0.3) is 0 Å². The number of hydrogen-bond acceptors (Lipinski definition) is 5. The minimum atomic E-state index is -1.23. The number of carboxylic acid groups (broad SMARTS) is 1. The van der Waals surface area contributed by atoms with E-state index in [0.717, 1.165) is 78.5 Å². The number of carbonyl (C=O) groups is 4. The normalized spacial score (nSPS) is 20.0. The Balaban J connectivity index is 1.30. The first-order valence-electron chi connectivity index (χ1n) is 17.9. The molecule has 3 aliphatic rings. The van der Waals surface area contributed by atoms with Crippen LogP contribution in [0.4, 0.5) is 4.79 Å². The molecule has 50 heavy (non-hydrogen) atoms. The Kier molecular flexibility index (Phi) is 11.0. The lowest BCUT2D eigenvalue weighted by molar-refractivity contribution is -0.146. The Bertz CT molecular complexity index is 1690. The van der Waals surface area contributed by atoms with Crippen LogP contribution in [0.5, 0.6) is 5.75 Å². The molecule has 2 aliphatic carbocycles. The maximum Gasteiger partial charge on any atom is 0.407 e. The zero-order valence-corrected chi connectivity index (χ0v) is 29.0. The number of rotatable bonds is 10. The highest BCUT2D eigenvalue weighted by Crippen LogP contribution is 2.34. The summed E-state index contributed by atoms with van der Waals surface area (Å²) in [7, 11) is 1.34. The van der Waals surface area contributed by atoms with Gasteiger partial charge < -0.3 is 25.4 Å². The van der Waals surface area contributed by atoms with Gasteiger partial charge in [-0.3, -0.25) is 19.3 Å². The first kappa shape index (κ1) is 35.0. The number of benzene rings is 3. The Morgan fingerprint density at radius 3 is 2.40 bits per heavy atom. The number of fused-ring (bicyclic) bond motifs is 2. The van der Waals surface area contributed by atoms with Gasteiger partial charge in [0.2, 0.25) is 17.7 Å². The third kappa shape index (κ3) is 7.95. The molecule has 1 fully saturated rings. The second-order valence-electron chi connectivity index (χ2n) is 14.0. The van der Waals surface area contributed by atoms with Crippen molar-refractivity contribution in [1.29, 1.82) is 0 Å². The maximum atomic E-state index is 14.8. The quantitative estimate of drug-likeness (QED) is 0.249. The lowest BCUT2D eigenvalue weighted by Gasteiger charge is -2.41. The van der Waals surface area contributed by atoms with Crippen molar-refractivity contribution in [1.82, 2.24) is 20.4 Å². The summed E-state index contributed by atoms with van der Waals surface area (Å²) in [6, 6.07) is 21.1. The molecule has 4 amide bonds. The molecule has 264 valence electrons. The van der Waals surface area contributed by atoms with Crippen LogP contribution >= 0.6 is 0 Å². The lowest BCUT2D eigenvalue weighted by atomic mass is 9.82. The van der Waals surface area contributed by atoms with E-state index in [0.29, 0.717) is 18.8 Å². The van der Waals surface area contributed by atoms with E-state index in [1.807, 2.05) is 60.7 Å². The Hall–Kier alpha value is -4.86. The summed E-state index contributed by atoms with van der Waals surface area (Å²) in [5, 5.41) is 15.8. The summed E-state index contributed by atoms with van der Waals surface area (Å²) >= 11 is 0. The molecule has 0 spiro atoms. The van der Waals surface area contributed by atoms with Gasteiger partial charge in [0.1, 0.15) is 30.5 Å². The number of ether oxygens (including phenoxy) is 1. The second kappa shape index (κ2) is 15.8. The SMILES string of the molecule is CC(C(=O)NC(C(=O)N1Cc2cc(OCc3ccccc3)ccc2C[C@@H]1C(=O)N[C@H]1CCCc2ccccc21)C1CCCCC1)N(C)C(=O)O. The van der Waals surface area contributed by atoms with Gasteiger partial charge in [-0.2, -0.15) is 0 Å². The van der Waals surface area contributed by atoms with Crippen molar-refractivity contribution in [3.05, 3.63) is 101 Å². The maximum absolute atomic E-state index is 14.8. The second-order valence-corrected chi connectivity index (χ2v) is 14.0. The Morgan fingerprint density at radius 1 is 0.900 bits per heavy atom. The fourth-order valence-electron chi connectivity index (χ4n) is 7.67. The van der Waals surface area contributed by atoms with Crippen molar-refractivity contribution in [2.75, 3.05) is 7.05 Å². The third-order valence-electron chi connectivity index (χ3n) is 10.8. The molecule has 0 saturated heterocycles. The standard InChI is InChI=1S/C40H48N4O6/c1-26(43(2)40(48)49)37(45)42-36(29-15-7-4-8-16-29)39(47)44-24-31-22-32(50-25-27-12-5-3-6-13-27)21-20-30(31)23-35(44)38(46)41-34-19-11-17-28-14-9-10-18-33(28)34/h3,5-6,9-10,12-14,18,20-22,26,29,34-36H,4,7-8,11,15-17,19,23-25H2,1-2H3,(H,41,46)(H,42,45)(H,48,49)/t26?,34-,35+,36?/m0/s1. The molecule has 10 nitrogen and oxygen atoms in total. The average Bonchev–Trinajstić information content (AvgIpc) is 3.15. The van der Waals surface area contributed by atoms with E-state index >= 15 is 0 Å². The molecule has 3 aromatic carbocycles. The van der Waals surface area contributed by atoms with E-state index in [-0.39, 0.29) is 30.3 Å². The molecule has 0 bridgehead atoms. The van der Waals surface area contributed by atoms with Crippen molar-refractivity contribution < 1.29 is 29.0 Å². The van der Waals surface area contributed by atoms with Crippen LogP contribution in [0.25, 0.3) is 0 Å². The van der Waals surface area contributed by atoms with Gasteiger partial charge >= 0.3 is 6.09 Å². The summed E-state index contributed by atoms with van der Waals surface area (Å²) in [5.41, 5.74) is 5.25. The van der Waals surface area contributed by atoms with E-state index in [4.69, 9.17) is 4.74 Å². The topological polar surface area (TPSA) is 128 Å². The highest BCUT2D eigenvalue weighted by atomic mass is 16.5. The number of likely N-dealkylation sites (N-methyl/N-ethyl adjacent to an activating group) is 1. The molecular formula is C40H48N4O6. The smallest absolute Gasteiger partial charge is 0.407 e. The van der Waals surface area contributed by atoms with Crippen molar-refractivity contribution in [3.63, 3.8) is 0 Å². The molecule has 1 saturated carbocycles. The predicted molar refractivity (Wildman–Crippen MR) is 189 cm³/mol. The lowest BCUT2D eigenvalue weighted by Crippen LogP contribution is -2.61. The van der Waals surface area contributed by atoms with Crippen molar-refractivity contribution in [3.8, 4) is 5.75 Å². The van der Waals surface area contributed by atoms with Gasteiger partial charge in [0.15, 0.2) is 0 Å². The zero-order chi connectivity index (χ0) is 35.2. The van der Waals surface area contributed by atoms with Gasteiger partial charge in [0.05, 0.1) is 6.04 Å². The van der Waals surface area contributed by atoms with Crippen LogP contribution in [0.2, 0.25) is 0 Å². The summed E-state index contributed by atoms with van der Waals surface area (Å²) in [6.45, 7) is 2.09. The average molecular weight is 681 g/mol. The number of aryl methyl sites for hydroxylation is 1.